The highest BCUT2D eigenvalue weighted by Crippen LogP contribution is 2.05. The number of hydrogen-bond donors (Lipinski definition) is 2. The van der Waals surface area contributed by atoms with Gasteiger partial charge in [-0.15, -0.1) is 0 Å². The van der Waals surface area contributed by atoms with E-state index < -0.39 is 12.1 Å². The van der Waals surface area contributed by atoms with Crippen molar-refractivity contribution in [2.75, 3.05) is 0 Å². The molecule has 0 aromatic carbocycles. The van der Waals surface area contributed by atoms with Crippen molar-refractivity contribution in [2.24, 2.45) is 0 Å². The van der Waals surface area contributed by atoms with Gasteiger partial charge in [-0.1, -0.05) is 55.5 Å². The molecule has 0 bridgehead atoms. The highest BCUT2D eigenvalue weighted by molar-refractivity contribution is 5.66. The average molecular weight is 292 g/mol. The number of rotatable bonds is 12. The second kappa shape index (κ2) is 14.8. The Labute approximate surface area is 128 Å². The van der Waals surface area contributed by atoms with E-state index in [1.54, 1.807) is 6.08 Å². The van der Waals surface area contributed by atoms with Gasteiger partial charge in [0.1, 0.15) is 0 Å². The molecule has 0 aliphatic carbocycles. The van der Waals surface area contributed by atoms with Crippen LogP contribution in [-0.4, -0.2) is 22.3 Å². The number of carbonyl (C=O) groups is 1. The number of aliphatic hydroxyl groups excluding tert-OH is 1. The molecule has 21 heavy (non-hydrogen) atoms. The zero-order chi connectivity index (χ0) is 15.8. The van der Waals surface area contributed by atoms with Crippen molar-refractivity contribution in [1.82, 2.24) is 0 Å². The Kier molecular flexibility index (Phi) is 13.7. The molecule has 1 unspecified atom stereocenters. The van der Waals surface area contributed by atoms with E-state index in [9.17, 15) is 9.90 Å². The number of aliphatic hydroxyl groups is 1. The van der Waals surface area contributed by atoms with E-state index >= 15 is 0 Å². The molecular weight excluding hydrogens is 264 g/mol. The molecule has 0 saturated heterocycles. The van der Waals surface area contributed by atoms with Gasteiger partial charge in [-0.25, -0.2) is 0 Å². The summed E-state index contributed by atoms with van der Waals surface area (Å²) in [4.78, 5) is 10.3. The minimum atomic E-state index is -0.777. The summed E-state index contributed by atoms with van der Waals surface area (Å²) in [5.41, 5.74) is 0. The standard InChI is InChI=1S/C18H28O3/c1-2-3-4-5-6-7-8-9-10-11-14-17(19)15-12-13-16-18(20)21/h3-4,6-7,9-11,14,17,19H,2,5,8,12-13,15-16H2,1H3,(H,20,21)/b4-3-,7-6-,10-9-,14-11-. The third kappa shape index (κ3) is 16.3. The first kappa shape index (κ1) is 19.4. The average Bonchev–Trinajstić information content (AvgIpc) is 2.45. The third-order valence-electron chi connectivity index (χ3n) is 2.83. The van der Waals surface area contributed by atoms with Crippen LogP contribution >= 0.6 is 0 Å². The predicted octanol–water partition coefficient (Wildman–Crippen LogP) is 4.41. The molecule has 3 heteroatoms. The molecule has 0 heterocycles. The normalized spacial score (nSPS) is 14.0. The van der Waals surface area contributed by atoms with Crippen LogP contribution in [0.25, 0.3) is 0 Å². The van der Waals surface area contributed by atoms with Crippen molar-refractivity contribution in [3.63, 3.8) is 0 Å². The highest BCUT2D eigenvalue weighted by Gasteiger charge is 2.00. The van der Waals surface area contributed by atoms with Gasteiger partial charge in [0.2, 0.25) is 0 Å². The summed E-state index contributed by atoms with van der Waals surface area (Å²) in [6.07, 6.45) is 20.7. The van der Waals surface area contributed by atoms with E-state index in [2.05, 4.69) is 31.2 Å². The summed E-state index contributed by atoms with van der Waals surface area (Å²) < 4.78 is 0. The van der Waals surface area contributed by atoms with E-state index in [4.69, 9.17) is 5.11 Å². The lowest BCUT2D eigenvalue weighted by molar-refractivity contribution is -0.137. The van der Waals surface area contributed by atoms with E-state index in [0.717, 1.165) is 25.7 Å². The number of unbranched alkanes of at least 4 members (excludes halogenated alkanes) is 1. The molecule has 0 saturated carbocycles. The van der Waals surface area contributed by atoms with Crippen LogP contribution in [0, 0.1) is 0 Å². The van der Waals surface area contributed by atoms with Crippen LogP contribution in [0.5, 0.6) is 0 Å². The van der Waals surface area contributed by atoms with Crippen molar-refractivity contribution >= 4 is 5.97 Å². The van der Waals surface area contributed by atoms with Crippen LogP contribution in [0.2, 0.25) is 0 Å². The van der Waals surface area contributed by atoms with Crippen molar-refractivity contribution in [2.45, 2.75) is 58.0 Å². The topological polar surface area (TPSA) is 57.5 Å². The smallest absolute Gasteiger partial charge is 0.303 e. The van der Waals surface area contributed by atoms with Crippen LogP contribution in [-0.2, 0) is 4.79 Å². The van der Waals surface area contributed by atoms with Crippen LogP contribution in [0.3, 0.4) is 0 Å². The third-order valence-corrected chi connectivity index (χ3v) is 2.83. The molecule has 0 spiro atoms. The number of carboxylic acids is 1. The first-order valence-corrected chi connectivity index (χ1v) is 7.70. The number of hydrogen-bond acceptors (Lipinski definition) is 2. The molecule has 1 atom stereocenters. The van der Waals surface area contributed by atoms with Gasteiger partial charge < -0.3 is 10.2 Å². The highest BCUT2D eigenvalue weighted by atomic mass is 16.4. The Bertz CT molecular complexity index is 365. The van der Waals surface area contributed by atoms with Gasteiger partial charge in [0.15, 0.2) is 0 Å². The molecule has 0 aliphatic rings. The Balaban J connectivity index is 3.61. The van der Waals surface area contributed by atoms with E-state index in [-0.39, 0.29) is 6.42 Å². The summed E-state index contributed by atoms with van der Waals surface area (Å²) >= 11 is 0. The predicted molar refractivity (Wildman–Crippen MR) is 88.2 cm³/mol. The molecule has 118 valence electrons. The lowest BCUT2D eigenvalue weighted by atomic mass is 10.1. The van der Waals surface area contributed by atoms with E-state index in [0.29, 0.717) is 12.8 Å². The van der Waals surface area contributed by atoms with Crippen molar-refractivity contribution in [3.8, 4) is 0 Å². The summed E-state index contributed by atoms with van der Waals surface area (Å²) in [5.74, 6) is -0.777. The molecule has 2 N–H and O–H groups in total. The number of carboxylic acid groups (broad SMARTS) is 1. The quantitative estimate of drug-likeness (QED) is 0.318. The molecule has 0 aliphatic heterocycles. The first-order valence-electron chi connectivity index (χ1n) is 7.70. The second-order valence-corrected chi connectivity index (χ2v) is 4.84. The minimum absolute atomic E-state index is 0.177. The fraction of sp³-hybridized carbons (Fsp3) is 0.500. The largest absolute Gasteiger partial charge is 0.481 e. The second-order valence-electron chi connectivity index (χ2n) is 4.84. The Hall–Kier alpha value is -1.61. The lowest BCUT2D eigenvalue weighted by Gasteiger charge is -2.03. The minimum Gasteiger partial charge on any atom is -0.481 e. The lowest BCUT2D eigenvalue weighted by Crippen LogP contribution is -2.02. The molecule has 0 aromatic rings. The maximum atomic E-state index is 10.3. The summed E-state index contributed by atoms with van der Waals surface area (Å²) in [6.45, 7) is 2.12. The van der Waals surface area contributed by atoms with Crippen LogP contribution in [0.1, 0.15) is 51.9 Å². The molecule has 3 nitrogen and oxygen atoms in total. The summed E-state index contributed by atoms with van der Waals surface area (Å²) in [5, 5.41) is 18.1. The summed E-state index contributed by atoms with van der Waals surface area (Å²) in [6, 6.07) is 0. The van der Waals surface area contributed by atoms with Crippen molar-refractivity contribution in [3.05, 3.63) is 48.6 Å². The zero-order valence-corrected chi connectivity index (χ0v) is 12.9. The first-order chi connectivity index (χ1) is 10.2. The fourth-order valence-corrected chi connectivity index (χ4v) is 1.69. The van der Waals surface area contributed by atoms with Gasteiger partial charge in [-0.2, -0.15) is 0 Å². The Morgan fingerprint density at radius 1 is 1.00 bits per heavy atom. The summed E-state index contributed by atoms with van der Waals surface area (Å²) in [7, 11) is 0. The van der Waals surface area contributed by atoms with Gasteiger partial charge in [0, 0.05) is 6.42 Å². The van der Waals surface area contributed by atoms with Gasteiger partial charge >= 0.3 is 5.97 Å². The SMILES string of the molecule is CC/C=C\C/C=C\C/C=C\C=C/C(O)CCCCC(=O)O. The molecule has 0 aromatic heterocycles. The van der Waals surface area contributed by atoms with Gasteiger partial charge in [-0.05, 0) is 38.5 Å². The molecular formula is C18H28O3. The number of aliphatic carboxylic acids is 1. The Morgan fingerprint density at radius 3 is 2.33 bits per heavy atom. The monoisotopic (exact) mass is 292 g/mol. The van der Waals surface area contributed by atoms with Crippen molar-refractivity contribution in [1.29, 1.82) is 0 Å². The molecule has 0 rings (SSSR count). The van der Waals surface area contributed by atoms with Gasteiger partial charge in [0.05, 0.1) is 6.10 Å². The van der Waals surface area contributed by atoms with Crippen LogP contribution in [0.4, 0.5) is 0 Å². The number of allylic oxidation sites excluding steroid dienone is 7. The maximum Gasteiger partial charge on any atom is 0.303 e. The Morgan fingerprint density at radius 2 is 1.67 bits per heavy atom. The molecule has 0 fully saturated rings. The fourth-order valence-electron chi connectivity index (χ4n) is 1.69. The van der Waals surface area contributed by atoms with Gasteiger partial charge in [0.25, 0.3) is 0 Å². The molecule has 0 amide bonds. The zero-order valence-electron chi connectivity index (χ0n) is 12.9. The van der Waals surface area contributed by atoms with Crippen LogP contribution in [0.15, 0.2) is 48.6 Å². The van der Waals surface area contributed by atoms with E-state index in [1.807, 2.05) is 18.2 Å². The molecule has 0 radical (unpaired) electrons. The van der Waals surface area contributed by atoms with Crippen molar-refractivity contribution < 1.29 is 15.0 Å². The van der Waals surface area contributed by atoms with Crippen LogP contribution < -0.4 is 0 Å². The van der Waals surface area contributed by atoms with E-state index in [1.165, 1.54) is 0 Å². The maximum absolute atomic E-state index is 10.3. The van der Waals surface area contributed by atoms with Gasteiger partial charge in [-0.3, -0.25) is 4.79 Å².